The summed E-state index contributed by atoms with van der Waals surface area (Å²) in [5, 5.41) is 7.30. The van der Waals surface area contributed by atoms with E-state index in [4.69, 9.17) is 17.0 Å². The second kappa shape index (κ2) is 7.44. The van der Waals surface area contributed by atoms with Crippen molar-refractivity contribution < 1.29 is 4.74 Å². The Labute approximate surface area is 140 Å². The molecule has 0 bridgehead atoms. The number of aromatic nitrogens is 3. The lowest BCUT2D eigenvalue weighted by Crippen LogP contribution is -2.17. The van der Waals surface area contributed by atoms with Crippen LogP contribution in [0.3, 0.4) is 0 Å². The average Bonchev–Trinajstić information content (AvgIpc) is 3.14. The molecule has 1 N–H and O–H groups in total. The summed E-state index contributed by atoms with van der Waals surface area (Å²) in [4.78, 5) is 0. The summed E-state index contributed by atoms with van der Waals surface area (Å²) in [5.41, 5.74) is 2.72. The molecule has 22 heavy (non-hydrogen) atoms. The molecule has 1 aromatic heterocycles. The van der Waals surface area contributed by atoms with E-state index in [9.17, 15) is 0 Å². The summed E-state index contributed by atoms with van der Waals surface area (Å²) in [6, 6.07) is 8.52. The lowest BCUT2D eigenvalue weighted by atomic mass is 10.1. The molecule has 0 amide bonds. The molecular formula is C16H21N3OS2. The van der Waals surface area contributed by atoms with Crippen molar-refractivity contribution in [2.75, 3.05) is 6.61 Å². The molecular weight excluding hydrogens is 314 g/mol. The molecule has 6 heteroatoms. The first-order valence-corrected chi connectivity index (χ1v) is 9.18. The quantitative estimate of drug-likeness (QED) is 0.814. The number of rotatable bonds is 6. The van der Waals surface area contributed by atoms with Gasteiger partial charge in [0.2, 0.25) is 0 Å². The van der Waals surface area contributed by atoms with Gasteiger partial charge in [-0.05, 0) is 43.1 Å². The Hall–Kier alpha value is -1.11. The number of thioether (sulfide) groups is 1. The number of benzene rings is 1. The first-order chi connectivity index (χ1) is 10.7. The number of ether oxygens (including phenoxy) is 1. The van der Waals surface area contributed by atoms with Crippen molar-refractivity contribution in [3.8, 4) is 0 Å². The molecule has 1 aliphatic rings. The summed E-state index contributed by atoms with van der Waals surface area (Å²) in [7, 11) is 0. The molecule has 118 valence electrons. The van der Waals surface area contributed by atoms with Crippen LogP contribution in [0.5, 0.6) is 0 Å². The Balaban J connectivity index is 1.60. The smallest absolute Gasteiger partial charge is 0.195 e. The fraction of sp³-hybridized carbons (Fsp3) is 0.500. The summed E-state index contributed by atoms with van der Waals surface area (Å²) in [5.74, 6) is 2.86. The minimum absolute atomic E-state index is 0.282. The predicted molar refractivity (Wildman–Crippen MR) is 92.6 cm³/mol. The van der Waals surface area contributed by atoms with E-state index >= 15 is 0 Å². The monoisotopic (exact) mass is 335 g/mol. The van der Waals surface area contributed by atoms with Gasteiger partial charge in [0.25, 0.3) is 0 Å². The largest absolute Gasteiger partial charge is 0.376 e. The number of hydrogen-bond donors (Lipinski definition) is 1. The van der Waals surface area contributed by atoms with Gasteiger partial charge in [0.05, 0.1) is 18.4 Å². The molecule has 0 saturated carbocycles. The molecule has 0 radical (unpaired) electrons. The number of aryl methyl sites for hydroxylation is 1. The molecule has 2 heterocycles. The lowest BCUT2D eigenvalue weighted by Gasteiger charge is -2.12. The van der Waals surface area contributed by atoms with Crippen LogP contribution in [0.25, 0.3) is 0 Å². The molecule has 4 nitrogen and oxygen atoms in total. The molecule has 2 aromatic rings. The molecule has 0 aliphatic carbocycles. The van der Waals surface area contributed by atoms with Crippen molar-refractivity contribution in [1.29, 1.82) is 0 Å². The summed E-state index contributed by atoms with van der Waals surface area (Å²) in [6.07, 6.45) is 2.54. The number of nitrogens with one attached hydrogen (secondary N) is 1. The van der Waals surface area contributed by atoms with Crippen LogP contribution in [-0.4, -0.2) is 27.5 Å². The van der Waals surface area contributed by atoms with E-state index in [2.05, 4.69) is 46.0 Å². The molecule has 0 spiro atoms. The maximum absolute atomic E-state index is 5.71. The van der Waals surface area contributed by atoms with E-state index < -0.39 is 0 Å². The van der Waals surface area contributed by atoms with Crippen molar-refractivity contribution in [1.82, 2.24) is 14.8 Å². The van der Waals surface area contributed by atoms with Gasteiger partial charge in [-0.2, -0.15) is 5.10 Å². The number of nitrogens with zero attached hydrogens (tertiary/aromatic N) is 2. The van der Waals surface area contributed by atoms with Crippen LogP contribution >= 0.6 is 24.0 Å². The van der Waals surface area contributed by atoms with E-state index in [0.29, 0.717) is 4.77 Å². The predicted octanol–water partition coefficient (Wildman–Crippen LogP) is 3.86. The summed E-state index contributed by atoms with van der Waals surface area (Å²) in [6.45, 7) is 3.84. The van der Waals surface area contributed by atoms with Crippen LogP contribution in [0, 0.1) is 11.7 Å². The van der Waals surface area contributed by atoms with E-state index in [1.165, 1.54) is 11.1 Å². The van der Waals surface area contributed by atoms with Crippen molar-refractivity contribution in [3.63, 3.8) is 0 Å². The third-order valence-electron chi connectivity index (χ3n) is 4.00. The molecule has 3 rings (SSSR count). The van der Waals surface area contributed by atoms with Crippen molar-refractivity contribution in [3.05, 3.63) is 46.0 Å². The fourth-order valence-electron chi connectivity index (χ4n) is 2.67. The van der Waals surface area contributed by atoms with Crippen molar-refractivity contribution in [2.45, 2.75) is 43.9 Å². The summed E-state index contributed by atoms with van der Waals surface area (Å²) >= 11 is 7.22. The normalized spacial score (nSPS) is 18.0. The van der Waals surface area contributed by atoms with Gasteiger partial charge in [0.1, 0.15) is 5.82 Å². The first-order valence-electron chi connectivity index (χ1n) is 7.62. The van der Waals surface area contributed by atoms with Crippen LogP contribution < -0.4 is 0 Å². The molecule has 0 unspecified atom stereocenters. The Morgan fingerprint density at radius 3 is 3.05 bits per heavy atom. The van der Waals surface area contributed by atoms with E-state index in [0.717, 1.165) is 43.3 Å². The molecule has 1 fully saturated rings. The van der Waals surface area contributed by atoms with E-state index in [-0.39, 0.29) is 6.10 Å². The third-order valence-corrected chi connectivity index (χ3v) is 5.29. The van der Waals surface area contributed by atoms with Gasteiger partial charge in [0.15, 0.2) is 4.77 Å². The van der Waals surface area contributed by atoms with Crippen LogP contribution in [0.15, 0.2) is 24.3 Å². The van der Waals surface area contributed by atoms with Crippen LogP contribution in [0.2, 0.25) is 0 Å². The van der Waals surface area contributed by atoms with Gasteiger partial charge in [-0.1, -0.05) is 24.3 Å². The van der Waals surface area contributed by atoms with Crippen LogP contribution in [-0.2, 0) is 22.8 Å². The van der Waals surface area contributed by atoms with Gasteiger partial charge < -0.3 is 9.30 Å². The Bertz CT molecular complexity index is 674. The van der Waals surface area contributed by atoms with Gasteiger partial charge in [-0.25, -0.2) is 0 Å². The first kappa shape index (κ1) is 15.8. The van der Waals surface area contributed by atoms with Crippen LogP contribution in [0.1, 0.15) is 29.8 Å². The third kappa shape index (κ3) is 3.80. The lowest BCUT2D eigenvalue weighted by molar-refractivity contribution is 0.0960. The van der Waals surface area contributed by atoms with Gasteiger partial charge in [-0.3, -0.25) is 5.10 Å². The highest BCUT2D eigenvalue weighted by Crippen LogP contribution is 2.21. The molecule has 1 aliphatic heterocycles. The molecule has 1 atom stereocenters. The maximum atomic E-state index is 5.71. The number of hydrogen-bond acceptors (Lipinski definition) is 4. The minimum atomic E-state index is 0.282. The average molecular weight is 335 g/mol. The molecule has 1 saturated heterocycles. The summed E-state index contributed by atoms with van der Waals surface area (Å²) < 4.78 is 8.50. The Morgan fingerprint density at radius 2 is 2.27 bits per heavy atom. The zero-order valence-corrected chi connectivity index (χ0v) is 14.4. The van der Waals surface area contributed by atoms with Crippen molar-refractivity contribution in [2.24, 2.45) is 0 Å². The number of aromatic amines is 1. The highest BCUT2D eigenvalue weighted by molar-refractivity contribution is 7.97. The van der Waals surface area contributed by atoms with Gasteiger partial charge in [-0.15, -0.1) is 11.8 Å². The zero-order valence-electron chi connectivity index (χ0n) is 12.7. The highest BCUT2D eigenvalue weighted by atomic mass is 32.2. The van der Waals surface area contributed by atoms with Crippen LogP contribution in [0.4, 0.5) is 0 Å². The van der Waals surface area contributed by atoms with E-state index in [1.54, 1.807) is 0 Å². The minimum Gasteiger partial charge on any atom is -0.376 e. The van der Waals surface area contributed by atoms with Gasteiger partial charge >= 0.3 is 0 Å². The van der Waals surface area contributed by atoms with Crippen molar-refractivity contribution >= 4 is 24.0 Å². The Kier molecular flexibility index (Phi) is 5.33. The van der Waals surface area contributed by atoms with E-state index in [1.807, 2.05) is 11.8 Å². The maximum Gasteiger partial charge on any atom is 0.195 e. The molecule has 1 aromatic carbocycles. The Morgan fingerprint density at radius 1 is 1.41 bits per heavy atom. The topological polar surface area (TPSA) is 42.8 Å². The standard InChI is InChI=1S/C16H21N3OS2/c1-12-5-2-3-6-13(12)10-22-11-15-17-18-16(21)19(15)9-14-7-4-8-20-14/h2-3,5-6,14H,4,7-11H2,1H3,(H,18,21)/t14-/m1/s1. The zero-order chi connectivity index (χ0) is 15.4. The number of H-pyrrole nitrogens is 1. The second-order valence-electron chi connectivity index (χ2n) is 5.61. The fourth-order valence-corrected chi connectivity index (χ4v) is 3.94. The second-order valence-corrected chi connectivity index (χ2v) is 6.98. The van der Waals surface area contributed by atoms with Gasteiger partial charge in [0, 0.05) is 12.4 Å². The highest BCUT2D eigenvalue weighted by Gasteiger charge is 2.18. The SMILES string of the molecule is Cc1ccccc1CSCc1n[nH]c(=S)n1C[C@H]1CCCO1.